The van der Waals surface area contributed by atoms with Crippen LogP contribution in [0.25, 0.3) is 0 Å². The van der Waals surface area contributed by atoms with E-state index >= 15 is 0 Å². The molecule has 1 saturated carbocycles. The highest BCUT2D eigenvalue weighted by Gasteiger charge is 2.49. The molecule has 0 unspecified atom stereocenters. The molecular weight excluding hydrogens is 170 g/mol. The molecule has 3 nitrogen and oxygen atoms in total. The Hall–Kier alpha value is -0.900. The lowest BCUT2D eigenvalue weighted by atomic mass is 10.0. The predicted molar refractivity (Wildman–Crippen MR) is 50.9 cm³/mol. The first-order valence-electron chi connectivity index (χ1n) is 3.93. The van der Waals surface area contributed by atoms with E-state index in [1.165, 1.54) is 0 Å². The zero-order chi connectivity index (χ0) is 8.77. The van der Waals surface area contributed by atoms with Crippen molar-refractivity contribution in [2.75, 3.05) is 0 Å². The molecule has 0 saturated heterocycles. The number of hydrogen-bond donors (Lipinski definition) is 1. The number of rotatable bonds is 2. The summed E-state index contributed by atoms with van der Waals surface area (Å²) >= 11 is 5.01. The van der Waals surface area contributed by atoms with Gasteiger partial charge >= 0.3 is 0 Å². The lowest BCUT2D eigenvalue weighted by Crippen LogP contribution is -2.26. The summed E-state index contributed by atoms with van der Waals surface area (Å²) in [7, 11) is 1.95. The number of aryl methyl sites for hydroxylation is 1. The van der Waals surface area contributed by atoms with Gasteiger partial charge in [-0.15, -0.1) is 0 Å². The average molecular weight is 181 g/mol. The Morgan fingerprint density at radius 3 is 2.75 bits per heavy atom. The largest absolute Gasteiger partial charge is 0.393 e. The van der Waals surface area contributed by atoms with Crippen molar-refractivity contribution in [2.24, 2.45) is 12.8 Å². The zero-order valence-electron chi connectivity index (χ0n) is 6.95. The number of hydrogen-bond acceptors (Lipinski definition) is 2. The Kier molecular flexibility index (Phi) is 1.48. The molecule has 12 heavy (non-hydrogen) atoms. The van der Waals surface area contributed by atoms with Crippen LogP contribution in [0.1, 0.15) is 18.5 Å². The summed E-state index contributed by atoms with van der Waals surface area (Å²) in [6, 6.07) is 0. The molecule has 0 bridgehead atoms. The van der Waals surface area contributed by atoms with Gasteiger partial charge in [-0.3, -0.25) is 0 Å². The normalized spacial score (nSPS) is 19.1. The van der Waals surface area contributed by atoms with Crippen molar-refractivity contribution in [3.8, 4) is 0 Å². The minimum absolute atomic E-state index is 0.0589. The van der Waals surface area contributed by atoms with Crippen molar-refractivity contribution < 1.29 is 0 Å². The fraction of sp³-hybridized carbons (Fsp3) is 0.500. The van der Waals surface area contributed by atoms with Crippen LogP contribution in [0.3, 0.4) is 0 Å². The Morgan fingerprint density at radius 1 is 1.75 bits per heavy atom. The van der Waals surface area contributed by atoms with Crippen LogP contribution in [-0.2, 0) is 12.5 Å². The van der Waals surface area contributed by atoms with Crippen LogP contribution in [0, 0.1) is 0 Å². The molecule has 0 amide bonds. The highest BCUT2D eigenvalue weighted by atomic mass is 32.1. The quantitative estimate of drug-likeness (QED) is 0.684. The number of imidazole rings is 1. The average Bonchev–Trinajstić information content (AvgIpc) is 2.71. The second-order valence-corrected chi connectivity index (χ2v) is 3.81. The third-order valence-electron chi connectivity index (χ3n) is 2.42. The first-order valence-corrected chi connectivity index (χ1v) is 4.34. The molecule has 1 fully saturated rings. The Labute approximate surface area is 76.6 Å². The molecule has 64 valence electrons. The van der Waals surface area contributed by atoms with E-state index in [4.69, 9.17) is 18.0 Å². The van der Waals surface area contributed by atoms with Crippen LogP contribution >= 0.6 is 12.2 Å². The van der Waals surface area contributed by atoms with Gasteiger partial charge in [-0.2, -0.15) is 0 Å². The maximum Gasteiger partial charge on any atom is 0.0947 e. The summed E-state index contributed by atoms with van der Waals surface area (Å²) in [5.41, 5.74) is 6.62. The molecule has 1 heterocycles. The third kappa shape index (κ3) is 0.948. The summed E-state index contributed by atoms with van der Waals surface area (Å²) in [6.45, 7) is 0. The van der Waals surface area contributed by atoms with Gasteiger partial charge in [0.1, 0.15) is 0 Å². The molecule has 0 aliphatic heterocycles. The van der Waals surface area contributed by atoms with Crippen LogP contribution in [0.5, 0.6) is 0 Å². The van der Waals surface area contributed by atoms with E-state index in [-0.39, 0.29) is 5.41 Å². The van der Waals surface area contributed by atoms with E-state index in [9.17, 15) is 0 Å². The first kappa shape index (κ1) is 7.73. The molecule has 1 aromatic rings. The molecular formula is C8H11N3S. The predicted octanol–water partition coefficient (Wildman–Crippen LogP) is 0.738. The maximum absolute atomic E-state index is 5.66. The molecule has 1 aliphatic carbocycles. The standard InChI is InChI=1S/C8H11N3S/c1-11-4-6(10-5-11)8(2-3-8)7(9)12/h4-5H,2-3H2,1H3,(H2,9,12). The molecule has 0 radical (unpaired) electrons. The van der Waals surface area contributed by atoms with Gasteiger partial charge < -0.3 is 10.3 Å². The van der Waals surface area contributed by atoms with E-state index in [1.54, 1.807) is 6.33 Å². The summed E-state index contributed by atoms with van der Waals surface area (Å²) in [4.78, 5) is 4.85. The van der Waals surface area contributed by atoms with Crippen molar-refractivity contribution in [1.82, 2.24) is 9.55 Å². The van der Waals surface area contributed by atoms with E-state index < -0.39 is 0 Å². The van der Waals surface area contributed by atoms with Gasteiger partial charge in [0.05, 0.1) is 22.4 Å². The Bertz CT molecular complexity index is 325. The minimum atomic E-state index is -0.0589. The summed E-state index contributed by atoms with van der Waals surface area (Å²) in [5.74, 6) is 0. The second-order valence-electron chi connectivity index (χ2n) is 3.37. The van der Waals surface area contributed by atoms with Crippen LogP contribution in [-0.4, -0.2) is 14.5 Å². The highest BCUT2D eigenvalue weighted by molar-refractivity contribution is 7.80. The van der Waals surface area contributed by atoms with E-state index in [0.717, 1.165) is 18.5 Å². The van der Waals surface area contributed by atoms with Gasteiger partial charge in [0.25, 0.3) is 0 Å². The van der Waals surface area contributed by atoms with Crippen LogP contribution in [0.15, 0.2) is 12.5 Å². The molecule has 2 N–H and O–H groups in total. The topological polar surface area (TPSA) is 43.8 Å². The van der Waals surface area contributed by atoms with Gasteiger partial charge in [0.15, 0.2) is 0 Å². The summed E-state index contributed by atoms with van der Waals surface area (Å²) in [5, 5.41) is 0. The molecule has 4 heteroatoms. The lowest BCUT2D eigenvalue weighted by molar-refractivity contribution is 0.892. The smallest absolute Gasteiger partial charge is 0.0947 e. The fourth-order valence-electron chi connectivity index (χ4n) is 1.41. The molecule has 0 aromatic carbocycles. The SMILES string of the molecule is Cn1cnc(C2(C(N)=S)CC2)c1. The molecule has 0 atom stereocenters. The maximum atomic E-state index is 5.66. The summed E-state index contributed by atoms with van der Waals surface area (Å²) in [6.07, 6.45) is 5.89. The van der Waals surface area contributed by atoms with Crippen molar-refractivity contribution in [3.05, 3.63) is 18.2 Å². The van der Waals surface area contributed by atoms with E-state index in [0.29, 0.717) is 4.99 Å². The zero-order valence-corrected chi connectivity index (χ0v) is 7.77. The van der Waals surface area contributed by atoms with Crippen molar-refractivity contribution in [1.29, 1.82) is 0 Å². The Morgan fingerprint density at radius 2 is 2.42 bits per heavy atom. The van der Waals surface area contributed by atoms with Gasteiger partial charge in [-0.25, -0.2) is 4.98 Å². The van der Waals surface area contributed by atoms with Crippen LogP contribution in [0.2, 0.25) is 0 Å². The minimum Gasteiger partial charge on any atom is -0.393 e. The molecule has 1 aliphatic rings. The summed E-state index contributed by atoms with van der Waals surface area (Å²) < 4.78 is 1.92. The number of nitrogens with zero attached hydrogens (tertiary/aromatic N) is 2. The van der Waals surface area contributed by atoms with Crippen LogP contribution < -0.4 is 5.73 Å². The second kappa shape index (κ2) is 2.29. The van der Waals surface area contributed by atoms with Gasteiger partial charge in [0.2, 0.25) is 0 Å². The lowest BCUT2D eigenvalue weighted by Gasteiger charge is -2.08. The first-order chi connectivity index (χ1) is 5.65. The van der Waals surface area contributed by atoms with E-state index in [2.05, 4.69) is 4.98 Å². The number of nitrogens with two attached hydrogens (primary N) is 1. The van der Waals surface area contributed by atoms with Gasteiger partial charge in [-0.05, 0) is 12.8 Å². The Balaban J connectivity index is 2.36. The fourth-order valence-corrected chi connectivity index (χ4v) is 1.72. The number of thiocarbonyl (C=S) groups is 1. The van der Waals surface area contributed by atoms with Crippen molar-refractivity contribution >= 4 is 17.2 Å². The van der Waals surface area contributed by atoms with Crippen LogP contribution in [0.4, 0.5) is 0 Å². The van der Waals surface area contributed by atoms with E-state index in [1.807, 2.05) is 17.8 Å². The van der Waals surface area contributed by atoms with Crippen molar-refractivity contribution in [3.63, 3.8) is 0 Å². The van der Waals surface area contributed by atoms with Crippen molar-refractivity contribution in [2.45, 2.75) is 18.3 Å². The highest BCUT2D eigenvalue weighted by Crippen LogP contribution is 2.47. The van der Waals surface area contributed by atoms with Gasteiger partial charge in [0, 0.05) is 13.2 Å². The third-order valence-corrected chi connectivity index (χ3v) is 2.81. The molecule has 2 rings (SSSR count). The monoisotopic (exact) mass is 181 g/mol. The van der Waals surface area contributed by atoms with Gasteiger partial charge in [-0.1, -0.05) is 12.2 Å². The molecule has 0 spiro atoms. The molecule has 1 aromatic heterocycles. The number of aromatic nitrogens is 2.